The smallest absolute Gasteiger partial charge is 0.338 e. The van der Waals surface area contributed by atoms with E-state index < -0.39 is 5.97 Å². The zero-order valence-electron chi connectivity index (χ0n) is 8.96. The number of carbonyl (C=O) groups excluding carboxylic acids is 2. The molecule has 0 saturated heterocycles. The van der Waals surface area contributed by atoms with E-state index in [0.717, 1.165) is 5.56 Å². The third kappa shape index (κ3) is 2.34. The molecule has 0 unspecified atom stereocenters. The summed E-state index contributed by atoms with van der Waals surface area (Å²) in [7, 11) is 2.86. The van der Waals surface area contributed by atoms with Gasteiger partial charge in [-0.2, -0.15) is 0 Å². The molecule has 4 nitrogen and oxygen atoms in total. The second kappa shape index (κ2) is 4.59. The molecule has 0 aliphatic heterocycles. The molecule has 1 rings (SSSR count). The maximum atomic E-state index is 11.3. The number of ether oxygens (including phenoxy) is 1. The van der Waals surface area contributed by atoms with Crippen LogP contribution in [0, 0.1) is 6.92 Å². The number of nitrogens with one attached hydrogen (secondary N) is 1. The lowest BCUT2D eigenvalue weighted by Gasteiger charge is -2.06. The normalized spacial score (nSPS) is 9.53. The van der Waals surface area contributed by atoms with E-state index in [-0.39, 0.29) is 5.91 Å². The highest BCUT2D eigenvalue weighted by atomic mass is 16.5. The molecule has 4 heteroatoms. The highest BCUT2D eigenvalue weighted by molar-refractivity contribution is 5.98. The summed E-state index contributed by atoms with van der Waals surface area (Å²) >= 11 is 0. The number of hydrogen-bond acceptors (Lipinski definition) is 3. The van der Waals surface area contributed by atoms with Gasteiger partial charge in [-0.05, 0) is 24.6 Å². The summed E-state index contributed by atoms with van der Waals surface area (Å²) in [4.78, 5) is 22.7. The number of carbonyl (C=O) groups is 2. The second-order valence-electron chi connectivity index (χ2n) is 3.10. The van der Waals surface area contributed by atoms with Gasteiger partial charge in [-0.1, -0.05) is 6.07 Å². The van der Waals surface area contributed by atoms with Gasteiger partial charge in [-0.3, -0.25) is 4.79 Å². The van der Waals surface area contributed by atoms with Gasteiger partial charge in [0, 0.05) is 12.6 Å². The lowest BCUT2D eigenvalue weighted by molar-refractivity contribution is 0.0600. The lowest BCUT2D eigenvalue weighted by Crippen LogP contribution is -2.18. The molecule has 1 aromatic carbocycles. The van der Waals surface area contributed by atoms with E-state index in [1.807, 2.05) is 0 Å². The fraction of sp³-hybridized carbons (Fsp3) is 0.273. The van der Waals surface area contributed by atoms with Gasteiger partial charge in [0.15, 0.2) is 0 Å². The first kappa shape index (κ1) is 11.2. The van der Waals surface area contributed by atoms with Crippen LogP contribution < -0.4 is 5.32 Å². The summed E-state index contributed by atoms with van der Waals surface area (Å²) in [6.07, 6.45) is 0. The van der Waals surface area contributed by atoms with E-state index in [1.54, 1.807) is 26.1 Å². The zero-order valence-corrected chi connectivity index (χ0v) is 8.96. The Morgan fingerprint density at radius 3 is 2.53 bits per heavy atom. The quantitative estimate of drug-likeness (QED) is 0.740. The first-order chi connectivity index (χ1) is 7.10. The highest BCUT2D eigenvalue weighted by Crippen LogP contribution is 2.12. The Morgan fingerprint density at radius 2 is 2.00 bits per heavy atom. The summed E-state index contributed by atoms with van der Waals surface area (Å²) in [5, 5.41) is 2.49. The van der Waals surface area contributed by atoms with E-state index in [4.69, 9.17) is 0 Å². The van der Waals surface area contributed by atoms with Crippen molar-refractivity contribution in [1.29, 1.82) is 0 Å². The Hall–Kier alpha value is -1.84. The van der Waals surface area contributed by atoms with Crippen molar-refractivity contribution < 1.29 is 14.3 Å². The van der Waals surface area contributed by atoms with Crippen LogP contribution in [0.4, 0.5) is 0 Å². The van der Waals surface area contributed by atoms with Gasteiger partial charge in [0.1, 0.15) is 0 Å². The van der Waals surface area contributed by atoms with Crippen molar-refractivity contribution in [1.82, 2.24) is 5.32 Å². The lowest BCUT2D eigenvalue weighted by atomic mass is 10.0. The number of aryl methyl sites for hydroxylation is 1. The fourth-order valence-electron chi connectivity index (χ4n) is 1.24. The monoisotopic (exact) mass is 207 g/mol. The van der Waals surface area contributed by atoms with Crippen LogP contribution >= 0.6 is 0 Å². The topological polar surface area (TPSA) is 55.4 Å². The average molecular weight is 207 g/mol. The minimum atomic E-state index is -0.432. The summed E-state index contributed by atoms with van der Waals surface area (Å²) in [6, 6.07) is 4.91. The van der Waals surface area contributed by atoms with Crippen LogP contribution in [0.3, 0.4) is 0 Å². The Kier molecular flexibility index (Phi) is 3.44. The molecule has 1 aromatic rings. The van der Waals surface area contributed by atoms with Crippen molar-refractivity contribution in [3.05, 3.63) is 34.9 Å². The van der Waals surface area contributed by atoms with Crippen LogP contribution in [0.2, 0.25) is 0 Å². The van der Waals surface area contributed by atoms with Gasteiger partial charge in [0.25, 0.3) is 5.91 Å². The van der Waals surface area contributed by atoms with E-state index >= 15 is 0 Å². The van der Waals surface area contributed by atoms with Gasteiger partial charge < -0.3 is 10.1 Å². The number of rotatable bonds is 2. The maximum Gasteiger partial charge on any atom is 0.338 e. The standard InChI is InChI=1S/C11H13NO3/c1-7-4-5-8(10(13)12-2)6-9(7)11(14)15-3/h4-6H,1-3H3,(H,12,13). The third-order valence-electron chi connectivity index (χ3n) is 2.13. The van der Waals surface area contributed by atoms with Crippen molar-refractivity contribution >= 4 is 11.9 Å². The Morgan fingerprint density at radius 1 is 1.33 bits per heavy atom. The Bertz CT molecular complexity index is 399. The first-order valence-electron chi connectivity index (χ1n) is 4.51. The molecule has 80 valence electrons. The molecule has 0 atom stereocenters. The first-order valence-corrected chi connectivity index (χ1v) is 4.51. The molecule has 1 N–H and O–H groups in total. The average Bonchev–Trinajstić information content (AvgIpc) is 2.27. The zero-order chi connectivity index (χ0) is 11.4. The van der Waals surface area contributed by atoms with Gasteiger partial charge in [0.2, 0.25) is 0 Å². The molecule has 0 fully saturated rings. The van der Waals surface area contributed by atoms with Crippen molar-refractivity contribution in [2.24, 2.45) is 0 Å². The van der Waals surface area contributed by atoms with Crippen LogP contribution in [0.5, 0.6) is 0 Å². The molecule has 1 amide bonds. The van der Waals surface area contributed by atoms with Crippen molar-refractivity contribution in [3.63, 3.8) is 0 Å². The second-order valence-corrected chi connectivity index (χ2v) is 3.10. The maximum absolute atomic E-state index is 11.3. The van der Waals surface area contributed by atoms with Crippen LogP contribution in [-0.2, 0) is 4.74 Å². The number of hydrogen-bond donors (Lipinski definition) is 1. The van der Waals surface area contributed by atoms with Gasteiger partial charge in [-0.15, -0.1) is 0 Å². The molecule has 0 aliphatic rings. The molecular formula is C11H13NO3. The van der Waals surface area contributed by atoms with E-state index in [1.165, 1.54) is 13.2 Å². The van der Waals surface area contributed by atoms with Crippen LogP contribution in [0.15, 0.2) is 18.2 Å². The third-order valence-corrected chi connectivity index (χ3v) is 2.13. The number of esters is 1. The summed E-state index contributed by atoms with van der Waals surface area (Å²) < 4.78 is 4.61. The molecule has 0 aliphatic carbocycles. The minimum Gasteiger partial charge on any atom is -0.465 e. The number of benzene rings is 1. The van der Waals surface area contributed by atoms with Gasteiger partial charge in [0.05, 0.1) is 12.7 Å². The van der Waals surface area contributed by atoms with Gasteiger partial charge >= 0.3 is 5.97 Å². The Labute approximate surface area is 88.2 Å². The number of methoxy groups -OCH3 is 1. The van der Waals surface area contributed by atoms with Crippen LogP contribution in [-0.4, -0.2) is 26.0 Å². The Balaban J connectivity index is 3.16. The number of amides is 1. The highest BCUT2D eigenvalue weighted by Gasteiger charge is 2.12. The summed E-state index contributed by atoms with van der Waals surface area (Å²) in [5.74, 6) is -0.654. The SMILES string of the molecule is CNC(=O)c1ccc(C)c(C(=O)OC)c1. The molecule has 0 bridgehead atoms. The van der Waals surface area contributed by atoms with Crippen LogP contribution in [0.1, 0.15) is 26.3 Å². The molecule has 0 heterocycles. The van der Waals surface area contributed by atoms with E-state index in [9.17, 15) is 9.59 Å². The predicted molar refractivity (Wildman–Crippen MR) is 55.9 cm³/mol. The van der Waals surface area contributed by atoms with Gasteiger partial charge in [-0.25, -0.2) is 4.79 Å². The largest absolute Gasteiger partial charge is 0.465 e. The molecule has 0 spiro atoms. The summed E-state index contributed by atoms with van der Waals surface area (Å²) in [5.41, 5.74) is 1.65. The molecule has 0 radical (unpaired) electrons. The van der Waals surface area contributed by atoms with Crippen LogP contribution in [0.25, 0.3) is 0 Å². The van der Waals surface area contributed by atoms with E-state index in [2.05, 4.69) is 10.1 Å². The molecule has 15 heavy (non-hydrogen) atoms. The molecule has 0 saturated carbocycles. The molecular weight excluding hydrogens is 194 g/mol. The van der Waals surface area contributed by atoms with Crippen molar-refractivity contribution in [3.8, 4) is 0 Å². The van der Waals surface area contributed by atoms with Crippen molar-refractivity contribution in [2.45, 2.75) is 6.92 Å². The summed E-state index contributed by atoms with van der Waals surface area (Å²) in [6.45, 7) is 1.79. The minimum absolute atomic E-state index is 0.222. The van der Waals surface area contributed by atoms with Crippen molar-refractivity contribution in [2.75, 3.05) is 14.2 Å². The van der Waals surface area contributed by atoms with E-state index in [0.29, 0.717) is 11.1 Å². The molecule has 0 aromatic heterocycles. The predicted octanol–water partition coefficient (Wildman–Crippen LogP) is 1.14. The fourth-order valence-corrected chi connectivity index (χ4v) is 1.24.